The minimum atomic E-state index is -0.687. The molecule has 2 rings (SSSR count). The predicted octanol–water partition coefficient (Wildman–Crippen LogP) is 4.16. The molecule has 0 aromatic heterocycles. The molecule has 0 aliphatic heterocycles. The van der Waals surface area contributed by atoms with Gasteiger partial charge in [0.25, 0.3) is 0 Å². The van der Waals surface area contributed by atoms with Gasteiger partial charge in [-0.25, -0.2) is 4.39 Å². The van der Waals surface area contributed by atoms with Crippen LogP contribution in [0.25, 0.3) is 0 Å². The van der Waals surface area contributed by atoms with E-state index >= 15 is 0 Å². The fraction of sp³-hybridized carbons (Fsp3) is 0.294. The quantitative estimate of drug-likeness (QED) is 0.899. The number of hydrogen-bond acceptors (Lipinski definition) is 2. The largest absolute Gasteiger partial charge is 0.488 e. The molecule has 0 bridgehead atoms. The van der Waals surface area contributed by atoms with Crippen molar-refractivity contribution in [2.24, 2.45) is 0 Å². The third kappa shape index (κ3) is 4.45. The van der Waals surface area contributed by atoms with Crippen molar-refractivity contribution >= 4 is 11.6 Å². The van der Waals surface area contributed by atoms with Gasteiger partial charge in [-0.2, -0.15) is 0 Å². The summed E-state index contributed by atoms with van der Waals surface area (Å²) in [6.07, 6.45) is -0.672. The molecule has 2 aromatic rings. The summed E-state index contributed by atoms with van der Waals surface area (Å²) >= 11 is 5.90. The molecule has 112 valence electrons. The lowest BCUT2D eigenvalue weighted by Gasteiger charge is -2.21. The second-order valence-electron chi connectivity index (χ2n) is 5.12. The van der Waals surface area contributed by atoms with Crippen molar-refractivity contribution in [3.8, 4) is 5.75 Å². The van der Waals surface area contributed by atoms with Gasteiger partial charge in [-0.3, -0.25) is 0 Å². The van der Waals surface area contributed by atoms with Gasteiger partial charge in [0.1, 0.15) is 17.7 Å². The van der Waals surface area contributed by atoms with Crippen LogP contribution in [0.3, 0.4) is 0 Å². The molecule has 0 spiro atoms. The molecule has 0 saturated heterocycles. The van der Waals surface area contributed by atoms with Crippen molar-refractivity contribution in [3.05, 3.63) is 64.4 Å². The third-order valence-corrected chi connectivity index (χ3v) is 3.63. The van der Waals surface area contributed by atoms with E-state index in [2.05, 4.69) is 0 Å². The Hall–Kier alpha value is -1.58. The van der Waals surface area contributed by atoms with Crippen LogP contribution in [0.15, 0.2) is 42.5 Å². The number of ether oxygens (including phenoxy) is 1. The van der Waals surface area contributed by atoms with E-state index in [0.717, 1.165) is 11.1 Å². The lowest BCUT2D eigenvalue weighted by atomic mass is 10.00. The number of aryl methyl sites for hydroxylation is 1. The van der Waals surface area contributed by atoms with E-state index in [1.807, 2.05) is 6.92 Å². The van der Waals surface area contributed by atoms with E-state index in [0.29, 0.717) is 17.2 Å². The number of aliphatic hydroxyl groups is 1. The van der Waals surface area contributed by atoms with E-state index in [-0.39, 0.29) is 5.82 Å². The van der Waals surface area contributed by atoms with Gasteiger partial charge in [0, 0.05) is 11.4 Å². The summed E-state index contributed by atoms with van der Waals surface area (Å²) in [6.45, 7) is 3.62. The van der Waals surface area contributed by atoms with Crippen LogP contribution in [0.1, 0.15) is 18.1 Å². The minimum Gasteiger partial charge on any atom is -0.488 e. The SMILES string of the molecule is Cc1cc(F)ccc1CC(O)C(C)Oc1cccc(Cl)c1. The molecule has 2 aromatic carbocycles. The normalized spacial score (nSPS) is 13.8. The van der Waals surface area contributed by atoms with E-state index in [1.165, 1.54) is 12.1 Å². The number of aliphatic hydroxyl groups excluding tert-OH is 1. The Morgan fingerprint density at radius 3 is 2.67 bits per heavy atom. The molecular formula is C17H18ClFO2. The van der Waals surface area contributed by atoms with Gasteiger partial charge in [-0.15, -0.1) is 0 Å². The number of hydrogen-bond donors (Lipinski definition) is 1. The molecule has 1 N–H and O–H groups in total. The Morgan fingerprint density at radius 2 is 2.00 bits per heavy atom. The fourth-order valence-corrected chi connectivity index (χ4v) is 2.29. The maximum Gasteiger partial charge on any atom is 0.123 e. The van der Waals surface area contributed by atoms with Crippen molar-refractivity contribution in [3.63, 3.8) is 0 Å². The van der Waals surface area contributed by atoms with Crippen molar-refractivity contribution in [1.82, 2.24) is 0 Å². The van der Waals surface area contributed by atoms with Crippen LogP contribution in [0.4, 0.5) is 4.39 Å². The molecule has 2 unspecified atom stereocenters. The number of halogens is 2. The van der Waals surface area contributed by atoms with Gasteiger partial charge in [-0.1, -0.05) is 23.7 Å². The second-order valence-corrected chi connectivity index (χ2v) is 5.56. The first kappa shape index (κ1) is 15.8. The fourth-order valence-electron chi connectivity index (χ4n) is 2.11. The summed E-state index contributed by atoms with van der Waals surface area (Å²) in [4.78, 5) is 0. The summed E-state index contributed by atoms with van der Waals surface area (Å²) in [5.74, 6) is 0.346. The number of rotatable bonds is 5. The molecule has 0 heterocycles. The standard InChI is InChI=1S/C17H18ClFO2/c1-11-8-15(19)7-6-13(11)9-17(20)12(2)21-16-5-3-4-14(18)10-16/h3-8,10,12,17,20H,9H2,1-2H3. The molecule has 2 atom stereocenters. The first-order valence-corrected chi connectivity index (χ1v) is 7.19. The van der Waals surface area contributed by atoms with E-state index < -0.39 is 12.2 Å². The van der Waals surface area contributed by atoms with E-state index in [1.54, 1.807) is 37.3 Å². The smallest absolute Gasteiger partial charge is 0.123 e. The molecule has 0 aliphatic rings. The Kier molecular flexibility index (Phi) is 5.21. The molecule has 0 amide bonds. The van der Waals surface area contributed by atoms with Crippen LogP contribution < -0.4 is 4.74 Å². The zero-order valence-electron chi connectivity index (χ0n) is 12.0. The highest BCUT2D eigenvalue weighted by Gasteiger charge is 2.17. The summed E-state index contributed by atoms with van der Waals surface area (Å²) in [5.41, 5.74) is 1.73. The molecule has 0 fully saturated rings. The van der Waals surface area contributed by atoms with Gasteiger partial charge in [0.05, 0.1) is 6.10 Å². The van der Waals surface area contributed by atoms with Crippen LogP contribution in [-0.2, 0) is 6.42 Å². The highest BCUT2D eigenvalue weighted by atomic mass is 35.5. The zero-order valence-corrected chi connectivity index (χ0v) is 12.8. The lowest BCUT2D eigenvalue weighted by molar-refractivity contribution is 0.0478. The van der Waals surface area contributed by atoms with Crippen LogP contribution in [0, 0.1) is 12.7 Å². The van der Waals surface area contributed by atoms with Gasteiger partial charge in [-0.05, 0) is 55.3 Å². The maximum atomic E-state index is 13.1. The summed E-state index contributed by atoms with van der Waals surface area (Å²) in [7, 11) is 0. The van der Waals surface area contributed by atoms with Crippen LogP contribution in [0.5, 0.6) is 5.75 Å². The highest BCUT2D eigenvalue weighted by Crippen LogP contribution is 2.20. The number of benzene rings is 2. The first-order valence-electron chi connectivity index (χ1n) is 6.81. The average Bonchev–Trinajstić information content (AvgIpc) is 2.41. The average molecular weight is 309 g/mol. The van der Waals surface area contributed by atoms with Crippen LogP contribution in [-0.4, -0.2) is 17.3 Å². The first-order chi connectivity index (χ1) is 9.95. The van der Waals surface area contributed by atoms with Crippen molar-refractivity contribution in [2.45, 2.75) is 32.5 Å². The molecule has 4 heteroatoms. The summed E-state index contributed by atoms with van der Waals surface area (Å²) < 4.78 is 18.8. The van der Waals surface area contributed by atoms with Gasteiger partial charge in [0.2, 0.25) is 0 Å². The third-order valence-electron chi connectivity index (χ3n) is 3.39. The van der Waals surface area contributed by atoms with Gasteiger partial charge < -0.3 is 9.84 Å². The summed E-state index contributed by atoms with van der Waals surface area (Å²) in [5, 5.41) is 10.8. The van der Waals surface area contributed by atoms with Crippen molar-refractivity contribution in [1.29, 1.82) is 0 Å². The van der Waals surface area contributed by atoms with Crippen molar-refractivity contribution in [2.75, 3.05) is 0 Å². The van der Waals surface area contributed by atoms with E-state index in [4.69, 9.17) is 16.3 Å². The van der Waals surface area contributed by atoms with E-state index in [9.17, 15) is 9.50 Å². The topological polar surface area (TPSA) is 29.5 Å². The lowest BCUT2D eigenvalue weighted by Crippen LogP contribution is -2.30. The van der Waals surface area contributed by atoms with Gasteiger partial charge in [0.15, 0.2) is 0 Å². The Labute approximate surface area is 129 Å². The highest BCUT2D eigenvalue weighted by molar-refractivity contribution is 6.30. The Morgan fingerprint density at radius 1 is 1.24 bits per heavy atom. The van der Waals surface area contributed by atoms with Crippen LogP contribution >= 0.6 is 11.6 Å². The Balaban J connectivity index is 2.00. The van der Waals surface area contributed by atoms with Gasteiger partial charge >= 0.3 is 0 Å². The van der Waals surface area contributed by atoms with Crippen molar-refractivity contribution < 1.29 is 14.2 Å². The summed E-state index contributed by atoms with van der Waals surface area (Å²) in [6, 6.07) is 11.6. The molecule has 0 radical (unpaired) electrons. The monoisotopic (exact) mass is 308 g/mol. The Bertz CT molecular complexity index is 615. The zero-order chi connectivity index (χ0) is 15.4. The predicted molar refractivity (Wildman–Crippen MR) is 82.4 cm³/mol. The molecule has 0 saturated carbocycles. The molecule has 21 heavy (non-hydrogen) atoms. The molecule has 0 aliphatic carbocycles. The minimum absolute atomic E-state index is 0.269. The maximum absolute atomic E-state index is 13.1. The second kappa shape index (κ2) is 6.92. The molecular weight excluding hydrogens is 291 g/mol. The van der Waals surface area contributed by atoms with Crippen LogP contribution in [0.2, 0.25) is 5.02 Å². The molecule has 2 nitrogen and oxygen atoms in total.